The minimum atomic E-state index is -5.00. The molecule has 7 heterocycles. The summed E-state index contributed by atoms with van der Waals surface area (Å²) in [6.07, 6.45) is -7.29. The van der Waals surface area contributed by atoms with Crippen molar-refractivity contribution in [1.29, 1.82) is 0 Å². The van der Waals surface area contributed by atoms with Crippen molar-refractivity contribution in [3.63, 3.8) is 0 Å². The molecule has 3 saturated heterocycles. The monoisotopic (exact) mass is 716 g/mol. The van der Waals surface area contributed by atoms with Crippen LogP contribution in [0.2, 0.25) is 0 Å². The molecule has 2 bridgehead atoms. The van der Waals surface area contributed by atoms with Gasteiger partial charge in [-0.25, -0.2) is 19.5 Å². The number of fused-ring (bicyclic) bond motifs is 5. The number of nitrogen functional groups attached to an aromatic ring is 1. The van der Waals surface area contributed by atoms with Crippen LogP contribution in [0.4, 0.5) is 5.95 Å². The van der Waals surface area contributed by atoms with Gasteiger partial charge in [0.15, 0.2) is 29.3 Å². The van der Waals surface area contributed by atoms with Crippen molar-refractivity contribution in [1.82, 2.24) is 34.1 Å². The van der Waals surface area contributed by atoms with Crippen molar-refractivity contribution in [2.45, 2.75) is 49.1 Å². The maximum Gasteiger partial charge on any atom is 0.472 e. The number of hydrogen-bond acceptors (Lipinski definition) is 17. The van der Waals surface area contributed by atoms with Gasteiger partial charge in [0.05, 0.1) is 24.9 Å². The highest BCUT2D eigenvalue weighted by molar-refractivity contribution is 8.07. The molecule has 7 rings (SSSR count). The predicted octanol–water partition coefficient (Wildman–Crippen LogP) is -1.19. The van der Waals surface area contributed by atoms with E-state index in [1.807, 2.05) is 0 Å². The molecule has 0 spiro atoms. The van der Waals surface area contributed by atoms with Gasteiger partial charge in [-0.2, -0.15) is 4.98 Å². The Hall–Kier alpha value is -3.08. The number of aromatic amines is 1. The van der Waals surface area contributed by atoms with Crippen LogP contribution < -0.4 is 16.9 Å². The molecular weight excluding hydrogens is 690 g/mol. The Morgan fingerprint density at radius 1 is 1.04 bits per heavy atom. The number of nitrogens with one attached hydrogen (secondary N) is 1. The fourth-order valence-corrected chi connectivity index (χ4v) is 8.00. The fraction of sp³-hybridized carbons (Fsp3) is 0.478. The maximum absolute atomic E-state index is 13.3. The Morgan fingerprint density at radius 2 is 1.79 bits per heavy atom. The van der Waals surface area contributed by atoms with E-state index < -0.39 is 88.0 Å². The molecule has 3 aliphatic heterocycles. The SMILES string of the molecule is CO[C@@H]1[C@@H]2OP(=O)(O)OC[C@H]3O[C@@H](n4cnc5c(=O)[nH]c(N)nc54)[C@H](OP(O)(=S)OC[C@H]2O[C@H]1n1cnc2ncccc2c1=O)[C@@H]3O. The molecular formula is C23H26N8O13P2S. The number of aliphatic hydroxyl groups excluding tert-OH is 1. The summed E-state index contributed by atoms with van der Waals surface area (Å²) in [5.41, 5.74) is 4.49. The molecule has 21 nitrogen and oxygen atoms in total. The first-order chi connectivity index (χ1) is 22.4. The van der Waals surface area contributed by atoms with Crippen LogP contribution in [-0.4, -0.2) is 106 Å². The van der Waals surface area contributed by atoms with E-state index in [-0.39, 0.29) is 28.1 Å². The lowest BCUT2D eigenvalue weighted by Gasteiger charge is -2.27. The first-order valence-corrected chi connectivity index (χ1v) is 17.8. The molecule has 0 saturated carbocycles. The topological polar surface area (TPSA) is 280 Å². The average Bonchev–Trinajstić information content (AvgIpc) is 3.68. The molecule has 252 valence electrons. The minimum absolute atomic E-state index is 0.0592. The van der Waals surface area contributed by atoms with Crippen molar-refractivity contribution in [2.24, 2.45) is 0 Å². The maximum atomic E-state index is 13.3. The van der Waals surface area contributed by atoms with Gasteiger partial charge in [0.1, 0.15) is 43.0 Å². The quantitative estimate of drug-likeness (QED) is 0.156. The third-order valence-electron chi connectivity index (χ3n) is 7.74. The summed E-state index contributed by atoms with van der Waals surface area (Å²) in [6, 6.07) is 3.07. The van der Waals surface area contributed by atoms with Gasteiger partial charge in [-0.3, -0.25) is 37.3 Å². The van der Waals surface area contributed by atoms with Gasteiger partial charge in [-0.15, -0.1) is 0 Å². The minimum Gasteiger partial charge on any atom is -0.387 e. The zero-order valence-corrected chi connectivity index (χ0v) is 26.5. The van der Waals surface area contributed by atoms with Crippen LogP contribution >= 0.6 is 14.5 Å². The number of phosphoric ester groups is 1. The summed E-state index contributed by atoms with van der Waals surface area (Å²) in [7, 11) is -3.74. The summed E-state index contributed by atoms with van der Waals surface area (Å²) in [5.74, 6) is -0.242. The second-order valence-electron chi connectivity index (χ2n) is 10.6. The number of aromatic nitrogens is 7. The van der Waals surface area contributed by atoms with Crippen molar-refractivity contribution in [3.8, 4) is 0 Å². The highest BCUT2D eigenvalue weighted by Gasteiger charge is 2.53. The molecule has 4 aromatic rings. The molecule has 3 aliphatic rings. The number of ether oxygens (including phenoxy) is 3. The Kier molecular flexibility index (Phi) is 8.36. The second kappa shape index (κ2) is 12.1. The number of hydrogen-bond donors (Lipinski definition) is 5. The molecule has 10 atom stereocenters. The normalized spacial score (nSPS) is 36.5. The van der Waals surface area contributed by atoms with Crippen molar-refractivity contribution < 1.29 is 51.8 Å². The second-order valence-corrected chi connectivity index (χ2v) is 14.8. The molecule has 47 heavy (non-hydrogen) atoms. The molecule has 4 aromatic heterocycles. The van der Waals surface area contributed by atoms with E-state index in [4.69, 9.17) is 49.8 Å². The number of methoxy groups -OCH3 is 1. The van der Waals surface area contributed by atoms with Crippen LogP contribution in [0, 0.1) is 0 Å². The molecule has 0 radical (unpaired) electrons. The molecule has 3 fully saturated rings. The summed E-state index contributed by atoms with van der Waals surface area (Å²) < 4.78 is 55.1. The van der Waals surface area contributed by atoms with Crippen LogP contribution in [0.25, 0.3) is 22.2 Å². The zero-order valence-electron chi connectivity index (χ0n) is 23.9. The lowest BCUT2D eigenvalue weighted by molar-refractivity contribution is -0.0654. The average molecular weight is 717 g/mol. The third-order valence-corrected chi connectivity index (χ3v) is 10.3. The van der Waals surface area contributed by atoms with Crippen LogP contribution in [0.3, 0.4) is 0 Å². The van der Waals surface area contributed by atoms with Gasteiger partial charge in [0.2, 0.25) is 5.95 Å². The Bertz CT molecular complexity index is 2060. The first-order valence-electron chi connectivity index (χ1n) is 13.7. The lowest BCUT2D eigenvalue weighted by atomic mass is 10.1. The third kappa shape index (κ3) is 5.95. The van der Waals surface area contributed by atoms with E-state index in [1.165, 1.54) is 30.3 Å². The van der Waals surface area contributed by atoms with E-state index in [1.54, 1.807) is 6.07 Å². The van der Waals surface area contributed by atoms with Crippen LogP contribution in [0.5, 0.6) is 0 Å². The Balaban J connectivity index is 1.22. The van der Waals surface area contributed by atoms with Crippen molar-refractivity contribution in [3.05, 3.63) is 51.7 Å². The van der Waals surface area contributed by atoms with E-state index >= 15 is 0 Å². The fourth-order valence-electron chi connectivity index (χ4n) is 5.63. The molecule has 6 N–H and O–H groups in total. The molecule has 0 amide bonds. The van der Waals surface area contributed by atoms with Gasteiger partial charge in [-0.1, -0.05) is 0 Å². The summed E-state index contributed by atoms with van der Waals surface area (Å²) >= 11 is 5.26. The van der Waals surface area contributed by atoms with Gasteiger partial charge >= 0.3 is 14.5 Å². The van der Waals surface area contributed by atoms with Crippen LogP contribution in [0.1, 0.15) is 12.5 Å². The highest BCUT2D eigenvalue weighted by Crippen LogP contribution is 2.54. The summed E-state index contributed by atoms with van der Waals surface area (Å²) in [5, 5.41) is 11.3. The van der Waals surface area contributed by atoms with Crippen molar-refractivity contribution in [2.75, 3.05) is 26.1 Å². The van der Waals surface area contributed by atoms with E-state index in [0.29, 0.717) is 0 Å². The summed E-state index contributed by atoms with van der Waals surface area (Å²) in [4.78, 5) is 66.2. The number of pyridine rings is 1. The lowest BCUT2D eigenvalue weighted by Crippen LogP contribution is -2.39. The van der Waals surface area contributed by atoms with Crippen molar-refractivity contribution >= 4 is 54.5 Å². The zero-order chi connectivity index (χ0) is 33.2. The van der Waals surface area contributed by atoms with Gasteiger partial charge in [-0.05, 0) is 23.9 Å². The molecule has 2 unspecified atom stereocenters. The molecule has 0 aliphatic carbocycles. The highest BCUT2D eigenvalue weighted by atomic mass is 32.5. The number of nitrogens with two attached hydrogens (primary N) is 1. The number of anilines is 1. The molecule has 0 aromatic carbocycles. The van der Waals surface area contributed by atoms with Crippen LogP contribution in [0.15, 0.2) is 40.6 Å². The van der Waals surface area contributed by atoms with E-state index in [2.05, 4.69) is 24.9 Å². The first kappa shape index (κ1) is 32.5. The number of phosphoric acid groups is 1. The number of aliphatic hydroxyl groups is 1. The van der Waals surface area contributed by atoms with E-state index in [0.717, 1.165) is 10.9 Å². The predicted molar refractivity (Wildman–Crippen MR) is 159 cm³/mol. The number of imidazole rings is 1. The number of nitrogens with zero attached hydrogens (tertiary/aromatic N) is 6. The summed E-state index contributed by atoms with van der Waals surface area (Å²) in [6.45, 7) is -5.63. The smallest absolute Gasteiger partial charge is 0.387 e. The Morgan fingerprint density at radius 3 is 2.57 bits per heavy atom. The largest absolute Gasteiger partial charge is 0.472 e. The van der Waals surface area contributed by atoms with Gasteiger partial charge in [0.25, 0.3) is 11.1 Å². The molecule has 24 heteroatoms. The van der Waals surface area contributed by atoms with E-state index in [9.17, 15) is 29.0 Å². The Labute approximate surface area is 267 Å². The van der Waals surface area contributed by atoms with Gasteiger partial charge < -0.3 is 39.4 Å². The number of rotatable bonds is 3. The number of H-pyrrole nitrogens is 1. The van der Waals surface area contributed by atoms with Gasteiger partial charge in [0, 0.05) is 13.3 Å². The standard InChI is InChI=1S/C23H26N8O13P2S/c1-38-16-14-11(42-22(16)31-8-27-17-9(20(31)34)3-2-4-25-17)6-40-46(37,47)44-15-13(32)10(5-39-45(35,36)43-14)41-21(15)30-7-26-12-18(30)28-23(24)29-19(12)33/h2-4,7-8,10-11,13-16,21-22,32H,5-6H2,1H3,(H,35,36)(H,37,47)(H3,24,28,29,33)/t10-,11-,13-,14-,15-,16-,21-,22-,46?/m1/s1. The van der Waals surface area contributed by atoms with Crippen LogP contribution in [-0.2, 0) is 48.7 Å².